The molecule has 2 rings (SSSR count). The van der Waals surface area contributed by atoms with Crippen molar-refractivity contribution < 1.29 is 14.7 Å². The largest absolute Gasteiger partial charge is 0.480 e. The molecule has 1 saturated heterocycles. The Balaban J connectivity index is 1.84. The van der Waals surface area contributed by atoms with Gasteiger partial charge in [-0.1, -0.05) is 37.6 Å². The summed E-state index contributed by atoms with van der Waals surface area (Å²) in [5, 5.41) is 15.4. The van der Waals surface area contributed by atoms with Crippen molar-refractivity contribution in [2.45, 2.75) is 45.2 Å². The van der Waals surface area contributed by atoms with E-state index in [1.54, 1.807) is 0 Å². The van der Waals surface area contributed by atoms with Gasteiger partial charge >= 0.3 is 5.97 Å². The van der Waals surface area contributed by atoms with Gasteiger partial charge in [0, 0.05) is 11.6 Å². The van der Waals surface area contributed by atoms with Gasteiger partial charge in [-0.2, -0.15) is 0 Å². The van der Waals surface area contributed by atoms with Gasteiger partial charge < -0.3 is 10.4 Å². The van der Waals surface area contributed by atoms with Crippen LogP contribution in [0.5, 0.6) is 0 Å². The summed E-state index contributed by atoms with van der Waals surface area (Å²) in [6.07, 6.45) is 1.83. The van der Waals surface area contributed by atoms with Crippen LogP contribution >= 0.6 is 11.6 Å². The fraction of sp³-hybridized carbons (Fsp3) is 0.529. The predicted octanol–water partition coefficient (Wildman–Crippen LogP) is 2.23. The quantitative estimate of drug-likeness (QED) is 0.743. The van der Waals surface area contributed by atoms with Crippen LogP contribution in [0.3, 0.4) is 0 Å². The first kappa shape index (κ1) is 17.8. The molecule has 23 heavy (non-hydrogen) atoms. The molecule has 1 aliphatic rings. The molecule has 1 aromatic carbocycles. The first-order chi connectivity index (χ1) is 10.8. The Morgan fingerprint density at radius 2 is 2.04 bits per heavy atom. The van der Waals surface area contributed by atoms with Crippen LogP contribution in [0.2, 0.25) is 5.02 Å². The standard InChI is InChI=1S/C17H23ClN2O3/c1-17(2,9-11-4-3-5-12(18)8-11)10-19-15(21)13-6-7-14(20-13)16(22)23/h3-5,8,13-14,20H,6-7,9-10H2,1-2H3,(H,19,21)(H,22,23)/t13-,14+/m0/s1. The molecule has 6 heteroatoms. The Hall–Kier alpha value is -1.59. The number of rotatable bonds is 6. The summed E-state index contributed by atoms with van der Waals surface area (Å²) in [6, 6.07) is 6.67. The molecule has 5 nitrogen and oxygen atoms in total. The lowest BCUT2D eigenvalue weighted by molar-refractivity contribution is -0.139. The maximum absolute atomic E-state index is 12.2. The van der Waals surface area contributed by atoms with Crippen molar-refractivity contribution in [2.75, 3.05) is 6.54 Å². The van der Waals surface area contributed by atoms with E-state index < -0.39 is 18.1 Å². The molecule has 0 saturated carbocycles. The highest BCUT2D eigenvalue weighted by atomic mass is 35.5. The second kappa shape index (κ2) is 7.32. The second-order valence-corrected chi connectivity index (χ2v) is 7.31. The fourth-order valence-electron chi connectivity index (χ4n) is 2.86. The molecule has 0 aromatic heterocycles. The van der Waals surface area contributed by atoms with Crippen LogP contribution in [0.25, 0.3) is 0 Å². The van der Waals surface area contributed by atoms with Crippen LogP contribution < -0.4 is 10.6 Å². The zero-order valence-corrected chi connectivity index (χ0v) is 14.2. The number of aliphatic carboxylic acids is 1. The number of hydrogen-bond acceptors (Lipinski definition) is 3. The number of nitrogens with one attached hydrogen (secondary N) is 2. The zero-order valence-electron chi connectivity index (χ0n) is 13.4. The van der Waals surface area contributed by atoms with Crippen molar-refractivity contribution in [3.8, 4) is 0 Å². The molecule has 1 aliphatic heterocycles. The van der Waals surface area contributed by atoms with Gasteiger partial charge in [-0.15, -0.1) is 0 Å². The van der Waals surface area contributed by atoms with Crippen LogP contribution in [0.15, 0.2) is 24.3 Å². The van der Waals surface area contributed by atoms with Gasteiger partial charge in [0.15, 0.2) is 0 Å². The Bertz CT molecular complexity index is 589. The summed E-state index contributed by atoms with van der Waals surface area (Å²) in [5.74, 6) is -1.03. The summed E-state index contributed by atoms with van der Waals surface area (Å²) in [4.78, 5) is 23.1. The van der Waals surface area contributed by atoms with E-state index in [1.165, 1.54) is 0 Å². The summed E-state index contributed by atoms with van der Waals surface area (Å²) >= 11 is 6.00. The minimum Gasteiger partial charge on any atom is -0.480 e. The van der Waals surface area contributed by atoms with Gasteiger partial charge in [-0.05, 0) is 42.4 Å². The highest BCUT2D eigenvalue weighted by Crippen LogP contribution is 2.23. The zero-order chi connectivity index (χ0) is 17.0. The average molecular weight is 339 g/mol. The van der Waals surface area contributed by atoms with Crippen molar-refractivity contribution in [2.24, 2.45) is 5.41 Å². The van der Waals surface area contributed by atoms with Crippen LogP contribution in [0.4, 0.5) is 0 Å². The topological polar surface area (TPSA) is 78.4 Å². The van der Waals surface area contributed by atoms with E-state index >= 15 is 0 Å². The molecule has 1 heterocycles. The van der Waals surface area contributed by atoms with E-state index in [1.807, 2.05) is 24.3 Å². The lowest BCUT2D eigenvalue weighted by Gasteiger charge is -2.26. The maximum atomic E-state index is 12.2. The SMILES string of the molecule is CC(C)(CNC(=O)[C@@H]1CC[C@H](C(=O)O)N1)Cc1cccc(Cl)c1. The Labute approximate surface area is 141 Å². The van der Waals surface area contributed by atoms with Crippen molar-refractivity contribution in [1.82, 2.24) is 10.6 Å². The van der Waals surface area contributed by atoms with Crippen LogP contribution in [0.1, 0.15) is 32.3 Å². The summed E-state index contributed by atoms with van der Waals surface area (Å²) in [5.41, 5.74) is 1.01. The number of benzene rings is 1. The number of halogens is 1. The lowest BCUT2D eigenvalue weighted by atomic mass is 9.85. The first-order valence-corrected chi connectivity index (χ1v) is 8.16. The maximum Gasteiger partial charge on any atom is 0.320 e. The monoisotopic (exact) mass is 338 g/mol. The first-order valence-electron chi connectivity index (χ1n) is 7.78. The third kappa shape index (κ3) is 5.22. The highest BCUT2D eigenvalue weighted by Gasteiger charge is 2.33. The van der Waals surface area contributed by atoms with Crippen molar-refractivity contribution in [3.05, 3.63) is 34.9 Å². The van der Waals surface area contributed by atoms with Gasteiger partial charge in [0.05, 0.1) is 6.04 Å². The smallest absolute Gasteiger partial charge is 0.320 e. The third-order valence-corrected chi connectivity index (χ3v) is 4.31. The van der Waals surface area contributed by atoms with Crippen LogP contribution in [0, 0.1) is 5.41 Å². The van der Waals surface area contributed by atoms with E-state index in [-0.39, 0.29) is 11.3 Å². The molecule has 0 aliphatic carbocycles. The van der Waals surface area contributed by atoms with Crippen molar-refractivity contribution in [1.29, 1.82) is 0 Å². The van der Waals surface area contributed by atoms with E-state index in [9.17, 15) is 9.59 Å². The van der Waals surface area contributed by atoms with Crippen LogP contribution in [-0.2, 0) is 16.0 Å². The molecular formula is C17H23ClN2O3. The van der Waals surface area contributed by atoms with Crippen molar-refractivity contribution in [3.63, 3.8) is 0 Å². The van der Waals surface area contributed by atoms with E-state index in [2.05, 4.69) is 24.5 Å². The van der Waals surface area contributed by atoms with Gasteiger partial charge in [-0.3, -0.25) is 14.9 Å². The second-order valence-electron chi connectivity index (χ2n) is 6.88. The molecule has 0 spiro atoms. The van der Waals surface area contributed by atoms with Gasteiger partial charge in [0.2, 0.25) is 5.91 Å². The molecular weight excluding hydrogens is 316 g/mol. The molecule has 0 unspecified atom stereocenters. The van der Waals surface area contributed by atoms with Gasteiger partial charge in [-0.25, -0.2) is 0 Å². The Morgan fingerprint density at radius 1 is 1.35 bits per heavy atom. The number of carbonyl (C=O) groups excluding carboxylic acids is 1. The molecule has 1 aromatic rings. The molecule has 0 bridgehead atoms. The molecule has 1 fully saturated rings. The summed E-state index contributed by atoms with van der Waals surface area (Å²) in [7, 11) is 0. The normalized spacial score (nSPS) is 21.2. The van der Waals surface area contributed by atoms with E-state index in [0.717, 1.165) is 12.0 Å². The molecule has 2 atom stereocenters. The number of hydrogen-bond donors (Lipinski definition) is 3. The molecule has 3 N–H and O–H groups in total. The fourth-order valence-corrected chi connectivity index (χ4v) is 3.07. The third-order valence-electron chi connectivity index (χ3n) is 4.07. The number of carbonyl (C=O) groups is 2. The molecule has 0 radical (unpaired) electrons. The molecule has 1 amide bonds. The van der Waals surface area contributed by atoms with Gasteiger partial charge in [0.25, 0.3) is 0 Å². The number of carboxylic acid groups (broad SMARTS) is 1. The van der Waals surface area contributed by atoms with E-state index in [4.69, 9.17) is 16.7 Å². The summed E-state index contributed by atoms with van der Waals surface area (Å²) < 4.78 is 0. The number of amides is 1. The minimum absolute atomic E-state index is 0.120. The van der Waals surface area contributed by atoms with Crippen molar-refractivity contribution >= 4 is 23.5 Å². The minimum atomic E-state index is -0.901. The average Bonchev–Trinajstić information content (AvgIpc) is 2.94. The Morgan fingerprint density at radius 3 is 2.65 bits per heavy atom. The van der Waals surface area contributed by atoms with Crippen LogP contribution in [-0.4, -0.2) is 35.6 Å². The highest BCUT2D eigenvalue weighted by molar-refractivity contribution is 6.30. The summed E-state index contributed by atoms with van der Waals surface area (Å²) in [6.45, 7) is 4.68. The predicted molar refractivity (Wildman–Crippen MR) is 89.5 cm³/mol. The van der Waals surface area contributed by atoms with Gasteiger partial charge in [0.1, 0.15) is 6.04 Å². The lowest BCUT2D eigenvalue weighted by Crippen LogP contribution is -2.47. The Kier molecular flexibility index (Phi) is 5.65. The number of carboxylic acids is 1. The van der Waals surface area contributed by atoms with E-state index in [0.29, 0.717) is 24.4 Å². The molecule has 126 valence electrons.